The van der Waals surface area contributed by atoms with E-state index in [9.17, 15) is 9.59 Å². The van der Waals surface area contributed by atoms with Gasteiger partial charge in [0.15, 0.2) is 5.78 Å². The summed E-state index contributed by atoms with van der Waals surface area (Å²) in [5, 5.41) is 0. The minimum atomic E-state index is -1.36. The first kappa shape index (κ1) is 16.0. The monoisotopic (exact) mass is 307 g/mol. The predicted molar refractivity (Wildman–Crippen MR) is 85.8 cm³/mol. The van der Waals surface area contributed by atoms with E-state index in [1.54, 1.807) is 4.57 Å². The lowest BCUT2D eigenvalue weighted by molar-refractivity contribution is 0.0533. The van der Waals surface area contributed by atoms with Crippen LogP contribution in [-0.4, -0.2) is 30.1 Å². The van der Waals surface area contributed by atoms with E-state index in [1.807, 2.05) is 27.0 Å². The van der Waals surface area contributed by atoms with Crippen molar-refractivity contribution in [2.45, 2.75) is 64.9 Å². The van der Waals surface area contributed by atoms with Gasteiger partial charge in [0, 0.05) is 31.9 Å². The molecule has 2 rings (SSSR count). The molecule has 0 bridgehead atoms. The van der Waals surface area contributed by atoms with Crippen LogP contribution in [0.15, 0.2) is 6.20 Å². The number of carbonyl (C=O) groups is 2. The highest BCUT2D eigenvalue weighted by Gasteiger charge is 2.32. The van der Waals surface area contributed by atoms with Crippen molar-refractivity contribution in [3.8, 4) is 0 Å². The summed E-state index contributed by atoms with van der Waals surface area (Å²) in [5.41, 5.74) is 2.11. The van der Waals surface area contributed by atoms with Crippen LogP contribution in [0.4, 0.5) is 4.79 Å². The summed E-state index contributed by atoms with van der Waals surface area (Å²) in [5.74, 6) is 0.167. The highest BCUT2D eigenvalue weighted by Crippen LogP contribution is 2.30. The van der Waals surface area contributed by atoms with Gasteiger partial charge in [-0.1, -0.05) is 19.6 Å². The lowest BCUT2D eigenvalue weighted by Gasteiger charge is -2.20. The van der Waals surface area contributed by atoms with Crippen molar-refractivity contribution in [2.24, 2.45) is 0 Å². The molecule has 1 aromatic heterocycles. The lowest BCUT2D eigenvalue weighted by Crippen LogP contribution is -2.27. The van der Waals surface area contributed by atoms with Gasteiger partial charge < -0.3 is 4.74 Å². The number of Topliss-reactive ketones (excluding diaryl/α,β-unsaturated/α-hetero) is 1. The number of ether oxygens (including phenoxy) is 1. The fourth-order valence-electron chi connectivity index (χ4n) is 2.73. The Kier molecular flexibility index (Phi) is 3.91. The number of fused-ring (bicyclic) bond motifs is 1. The summed E-state index contributed by atoms with van der Waals surface area (Å²) in [6, 6.07) is 0.914. The number of hydrogen-bond donors (Lipinski definition) is 0. The number of aromatic nitrogens is 1. The molecule has 0 aromatic carbocycles. The van der Waals surface area contributed by atoms with E-state index in [2.05, 4.69) is 19.6 Å². The Hall–Kier alpha value is -1.36. The quantitative estimate of drug-likeness (QED) is 0.780. The van der Waals surface area contributed by atoms with Gasteiger partial charge in [-0.05, 0) is 38.8 Å². The Morgan fingerprint density at radius 3 is 2.43 bits per heavy atom. The number of carbonyl (C=O) groups excluding carboxylic acids is 2. The summed E-state index contributed by atoms with van der Waals surface area (Å²) in [6.45, 7) is 12.4. The molecule has 1 aliphatic rings. The molecule has 0 aliphatic heterocycles. The molecule has 1 aromatic rings. The Balaban J connectivity index is 2.41. The van der Waals surface area contributed by atoms with Crippen LogP contribution in [0.25, 0.3) is 0 Å². The zero-order chi connectivity index (χ0) is 16.0. The molecule has 0 unspecified atom stereocenters. The van der Waals surface area contributed by atoms with Crippen molar-refractivity contribution in [3.05, 3.63) is 23.0 Å². The Morgan fingerprint density at radius 2 is 1.90 bits per heavy atom. The molecular weight excluding hydrogens is 282 g/mol. The van der Waals surface area contributed by atoms with Crippen LogP contribution in [0.5, 0.6) is 0 Å². The lowest BCUT2D eigenvalue weighted by atomic mass is 10.1. The molecule has 0 saturated carbocycles. The molecule has 21 heavy (non-hydrogen) atoms. The maximum atomic E-state index is 12.3. The molecule has 1 heterocycles. The van der Waals surface area contributed by atoms with Gasteiger partial charge in [-0.3, -0.25) is 9.36 Å². The molecule has 116 valence electrons. The number of nitrogens with zero attached hydrogens (tertiary/aromatic N) is 1. The molecule has 4 nitrogen and oxygen atoms in total. The van der Waals surface area contributed by atoms with Crippen LogP contribution in [0.2, 0.25) is 19.6 Å². The van der Waals surface area contributed by atoms with Crippen LogP contribution in [0.1, 0.15) is 48.8 Å². The van der Waals surface area contributed by atoms with Crippen molar-refractivity contribution < 1.29 is 14.3 Å². The second-order valence-electron chi connectivity index (χ2n) is 7.99. The smallest absolute Gasteiger partial charge is 0.418 e. The van der Waals surface area contributed by atoms with Crippen LogP contribution in [0.3, 0.4) is 0 Å². The van der Waals surface area contributed by atoms with Gasteiger partial charge in [0.2, 0.25) is 0 Å². The maximum absolute atomic E-state index is 12.3. The SMILES string of the molecule is CC(C)(C)OC(=O)n1cc(C[Si](C)(C)C)c2c1CCC2=O. The Labute approximate surface area is 127 Å². The molecule has 0 atom stereocenters. The van der Waals surface area contributed by atoms with Crippen molar-refractivity contribution in [2.75, 3.05) is 0 Å². The van der Waals surface area contributed by atoms with E-state index in [0.29, 0.717) is 12.8 Å². The molecule has 0 amide bonds. The van der Waals surface area contributed by atoms with Crippen molar-refractivity contribution >= 4 is 20.0 Å². The normalized spacial score (nSPS) is 15.2. The van der Waals surface area contributed by atoms with E-state index >= 15 is 0 Å². The molecule has 0 saturated heterocycles. The number of hydrogen-bond acceptors (Lipinski definition) is 3. The van der Waals surface area contributed by atoms with Crippen molar-refractivity contribution in [3.63, 3.8) is 0 Å². The standard InChI is InChI=1S/C16H25NO3Si/c1-16(2,3)20-15(19)17-9-11(10-21(4,5)6)14-12(17)7-8-13(14)18/h9H,7-8,10H2,1-6H3. The van der Waals surface area contributed by atoms with Gasteiger partial charge in [0.1, 0.15) is 5.60 Å². The van der Waals surface area contributed by atoms with E-state index in [0.717, 1.165) is 22.9 Å². The Morgan fingerprint density at radius 1 is 1.29 bits per heavy atom. The maximum Gasteiger partial charge on any atom is 0.418 e. The molecule has 0 fully saturated rings. The molecular formula is C16H25NO3Si. The third-order valence-electron chi connectivity index (χ3n) is 3.36. The third kappa shape index (κ3) is 3.64. The van der Waals surface area contributed by atoms with Gasteiger partial charge in [-0.15, -0.1) is 0 Å². The first-order chi connectivity index (χ1) is 9.48. The summed E-state index contributed by atoms with van der Waals surface area (Å²) in [4.78, 5) is 24.5. The van der Waals surface area contributed by atoms with Crippen LogP contribution >= 0.6 is 0 Å². The average molecular weight is 307 g/mol. The van der Waals surface area contributed by atoms with Gasteiger partial charge in [-0.25, -0.2) is 4.79 Å². The topological polar surface area (TPSA) is 48.3 Å². The zero-order valence-electron chi connectivity index (χ0n) is 13.9. The fraction of sp³-hybridized carbons (Fsp3) is 0.625. The summed E-state index contributed by atoms with van der Waals surface area (Å²) < 4.78 is 7.01. The van der Waals surface area contributed by atoms with E-state index in [4.69, 9.17) is 4.74 Å². The first-order valence-electron chi connectivity index (χ1n) is 7.47. The zero-order valence-corrected chi connectivity index (χ0v) is 14.9. The van der Waals surface area contributed by atoms with Gasteiger partial charge in [0.05, 0.1) is 0 Å². The summed E-state index contributed by atoms with van der Waals surface area (Å²) >= 11 is 0. The number of rotatable bonds is 2. The number of ketones is 1. The first-order valence-corrected chi connectivity index (χ1v) is 11.2. The van der Waals surface area contributed by atoms with Gasteiger partial charge in [-0.2, -0.15) is 0 Å². The van der Waals surface area contributed by atoms with Crippen molar-refractivity contribution in [1.29, 1.82) is 0 Å². The average Bonchev–Trinajstić information content (AvgIpc) is 2.77. The van der Waals surface area contributed by atoms with Crippen LogP contribution in [-0.2, 0) is 17.2 Å². The van der Waals surface area contributed by atoms with Gasteiger partial charge in [0.25, 0.3) is 0 Å². The fourth-order valence-corrected chi connectivity index (χ4v) is 4.14. The molecule has 0 radical (unpaired) electrons. The second-order valence-corrected chi connectivity index (χ2v) is 13.5. The molecule has 1 aliphatic carbocycles. The van der Waals surface area contributed by atoms with E-state index in [-0.39, 0.29) is 11.9 Å². The molecule has 5 heteroatoms. The minimum absolute atomic E-state index is 0.167. The van der Waals surface area contributed by atoms with Gasteiger partial charge >= 0.3 is 6.09 Å². The van der Waals surface area contributed by atoms with E-state index in [1.165, 1.54) is 0 Å². The van der Waals surface area contributed by atoms with Crippen LogP contribution in [0, 0.1) is 0 Å². The minimum Gasteiger partial charge on any atom is -0.443 e. The molecule has 0 spiro atoms. The molecule has 0 N–H and O–H groups in total. The summed E-state index contributed by atoms with van der Waals surface area (Å²) in [6.07, 6.45) is 2.59. The highest BCUT2D eigenvalue weighted by atomic mass is 28.3. The second kappa shape index (κ2) is 5.12. The third-order valence-corrected chi connectivity index (χ3v) is 4.81. The highest BCUT2D eigenvalue weighted by molar-refractivity contribution is 6.75. The van der Waals surface area contributed by atoms with E-state index < -0.39 is 13.7 Å². The van der Waals surface area contributed by atoms with Crippen LogP contribution < -0.4 is 0 Å². The Bertz CT molecular complexity index is 588. The summed E-state index contributed by atoms with van der Waals surface area (Å²) in [7, 11) is -1.36. The predicted octanol–water partition coefficient (Wildman–Crippen LogP) is 3.82. The van der Waals surface area contributed by atoms with Crippen molar-refractivity contribution in [1.82, 2.24) is 4.57 Å². The largest absolute Gasteiger partial charge is 0.443 e.